The monoisotopic (exact) mass is 324 g/mol. The van der Waals surface area contributed by atoms with Crippen LogP contribution in [-0.4, -0.2) is 22.8 Å². The minimum absolute atomic E-state index is 0.396. The normalized spacial score (nSPS) is 10.8. The maximum Gasteiger partial charge on any atom is 0.275 e. The van der Waals surface area contributed by atoms with Crippen LogP contribution in [0, 0.1) is 0 Å². The Hall–Kier alpha value is -2.79. The quantitative estimate of drug-likeness (QED) is 0.558. The molecule has 1 aromatic heterocycles. The highest BCUT2D eigenvalue weighted by Gasteiger charge is 2.14. The van der Waals surface area contributed by atoms with Gasteiger partial charge in [0.15, 0.2) is 0 Å². The first-order chi connectivity index (χ1) is 11.7. The third kappa shape index (κ3) is 2.86. The van der Waals surface area contributed by atoms with Crippen molar-refractivity contribution in [2.75, 3.05) is 7.11 Å². The molecule has 2 aromatic carbocycles. The molecule has 0 aliphatic heterocycles. The van der Waals surface area contributed by atoms with E-state index in [1.807, 2.05) is 24.3 Å². The Balaban J connectivity index is 2.07. The van der Waals surface area contributed by atoms with Crippen molar-refractivity contribution in [2.45, 2.75) is 19.9 Å². The molecule has 0 spiro atoms. The molecule has 0 radical (unpaired) electrons. The third-order valence-electron chi connectivity index (χ3n) is 4.26. The number of nitrogens with one attached hydrogen (secondary N) is 1. The van der Waals surface area contributed by atoms with Crippen molar-refractivity contribution in [1.29, 1.82) is 0 Å². The van der Waals surface area contributed by atoms with Crippen molar-refractivity contribution in [3.8, 4) is 5.75 Å². The summed E-state index contributed by atoms with van der Waals surface area (Å²) in [6.07, 6.45) is 3.07. The van der Waals surface area contributed by atoms with E-state index in [9.17, 15) is 4.79 Å². The average Bonchev–Trinajstić information content (AvgIpc) is 2.99. The van der Waals surface area contributed by atoms with Crippen LogP contribution in [0.2, 0.25) is 0 Å². The molecule has 0 bridgehead atoms. The molecule has 0 saturated heterocycles. The van der Waals surface area contributed by atoms with Gasteiger partial charge in [0.1, 0.15) is 5.75 Å². The molecule has 0 aliphatic carbocycles. The smallest absolute Gasteiger partial charge is 0.275 e. The zero-order valence-corrected chi connectivity index (χ0v) is 13.7. The van der Waals surface area contributed by atoms with E-state index in [4.69, 9.17) is 9.94 Å². The topological polar surface area (TPSA) is 63.5 Å². The first kappa shape index (κ1) is 16.1. The number of aromatic nitrogens is 1. The Morgan fingerprint density at radius 1 is 1.21 bits per heavy atom. The highest BCUT2D eigenvalue weighted by molar-refractivity contribution is 5.95. The zero-order chi connectivity index (χ0) is 17.1. The van der Waals surface area contributed by atoms with Gasteiger partial charge in [-0.3, -0.25) is 10.0 Å². The summed E-state index contributed by atoms with van der Waals surface area (Å²) < 4.78 is 7.31. The number of aryl methyl sites for hydroxylation is 1. The van der Waals surface area contributed by atoms with E-state index >= 15 is 0 Å². The molecule has 1 heterocycles. The fourth-order valence-electron chi connectivity index (χ4n) is 3.01. The second-order valence-electron chi connectivity index (χ2n) is 5.62. The number of ether oxygens (including phenoxy) is 1. The lowest BCUT2D eigenvalue weighted by Crippen LogP contribution is -2.21. The SMILES string of the molecule is CCc1cn(Cc2ccc(OC)cc2C(=O)NO)c2ccccc12. The van der Waals surface area contributed by atoms with Gasteiger partial charge in [-0.05, 0) is 35.7 Å². The molecule has 124 valence electrons. The summed E-state index contributed by atoms with van der Waals surface area (Å²) in [6, 6.07) is 13.5. The molecule has 2 N–H and O–H groups in total. The van der Waals surface area contributed by atoms with E-state index < -0.39 is 5.91 Å². The molecule has 0 atom stereocenters. The van der Waals surface area contributed by atoms with Crippen molar-refractivity contribution in [1.82, 2.24) is 10.0 Å². The molecular weight excluding hydrogens is 304 g/mol. The number of hydrogen-bond donors (Lipinski definition) is 2. The predicted molar refractivity (Wildman–Crippen MR) is 92.7 cm³/mol. The number of carbonyl (C=O) groups is 1. The van der Waals surface area contributed by atoms with Crippen LogP contribution in [0.15, 0.2) is 48.7 Å². The number of rotatable bonds is 5. The molecule has 0 saturated carbocycles. The fraction of sp³-hybridized carbons (Fsp3) is 0.211. The Morgan fingerprint density at radius 3 is 2.71 bits per heavy atom. The van der Waals surface area contributed by atoms with Crippen LogP contribution >= 0.6 is 0 Å². The average molecular weight is 324 g/mol. The number of carbonyl (C=O) groups excluding carboxylic acids is 1. The summed E-state index contributed by atoms with van der Waals surface area (Å²) in [7, 11) is 1.54. The first-order valence-corrected chi connectivity index (χ1v) is 7.86. The van der Waals surface area contributed by atoms with Crippen LogP contribution in [-0.2, 0) is 13.0 Å². The Labute approximate surface area is 140 Å². The van der Waals surface area contributed by atoms with Crippen molar-refractivity contribution < 1.29 is 14.7 Å². The molecule has 1 amide bonds. The van der Waals surface area contributed by atoms with E-state index in [1.54, 1.807) is 18.7 Å². The molecule has 5 heteroatoms. The zero-order valence-electron chi connectivity index (χ0n) is 13.7. The van der Waals surface area contributed by atoms with Gasteiger partial charge in [0, 0.05) is 23.6 Å². The summed E-state index contributed by atoms with van der Waals surface area (Å²) in [5.74, 6) is 0.0278. The molecule has 3 aromatic rings. The lowest BCUT2D eigenvalue weighted by Gasteiger charge is -2.12. The third-order valence-corrected chi connectivity index (χ3v) is 4.26. The second-order valence-corrected chi connectivity index (χ2v) is 5.62. The molecule has 24 heavy (non-hydrogen) atoms. The van der Waals surface area contributed by atoms with E-state index in [0.29, 0.717) is 17.9 Å². The number of hydrogen-bond acceptors (Lipinski definition) is 3. The van der Waals surface area contributed by atoms with Crippen LogP contribution in [0.25, 0.3) is 10.9 Å². The van der Waals surface area contributed by atoms with Crippen LogP contribution < -0.4 is 10.2 Å². The standard InChI is InChI=1S/C19H20N2O3/c1-3-13-11-21(18-7-5-4-6-16(13)18)12-14-8-9-15(24-2)10-17(14)19(22)20-23/h4-11,23H,3,12H2,1-2H3,(H,20,22). The first-order valence-electron chi connectivity index (χ1n) is 7.86. The molecule has 0 unspecified atom stereocenters. The molecule has 0 fully saturated rings. The Kier molecular flexibility index (Phi) is 4.53. The van der Waals surface area contributed by atoms with Gasteiger partial charge in [-0.1, -0.05) is 31.2 Å². The number of hydroxylamine groups is 1. The number of fused-ring (bicyclic) bond motifs is 1. The van der Waals surface area contributed by atoms with Crippen molar-refractivity contribution >= 4 is 16.8 Å². The molecular formula is C19H20N2O3. The molecule has 5 nitrogen and oxygen atoms in total. The number of methoxy groups -OCH3 is 1. The van der Waals surface area contributed by atoms with Crippen LogP contribution in [0.5, 0.6) is 5.75 Å². The van der Waals surface area contributed by atoms with E-state index in [1.165, 1.54) is 10.9 Å². The van der Waals surface area contributed by atoms with Crippen LogP contribution in [0.3, 0.4) is 0 Å². The van der Waals surface area contributed by atoms with Crippen LogP contribution in [0.1, 0.15) is 28.4 Å². The van der Waals surface area contributed by atoms with Gasteiger partial charge in [-0.25, -0.2) is 5.48 Å². The maximum atomic E-state index is 12.0. The Morgan fingerprint density at radius 2 is 2.00 bits per heavy atom. The van der Waals surface area contributed by atoms with Crippen molar-refractivity contribution in [3.63, 3.8) is 0 Å². The summed E-state index contributed by atoms with van der Waals surface area (Å²) in [4.78, 5) is 12.0. The van der Waals surface area contributed by atoms with Crippen LogP contribution in [0.4, 0.5) is 0 Å². The minimum atomic E-state index is -0.545. The van der Waals surface area contributed by atoms with E-state index in [0.717, 1.165) is 17.5 Å². The molecule has 0 aliphatic rings. The summed E-state index contributed by atoms with van der Waals surface area (Å²) in [5.41, 5.74) is 5.31. The number of nitrogens with zero attached hydrogens (tertiary/aromatic N) is 1. The minimum Gasteiger partial charge on any atom is -0.497 e. The summed E-state index contributed by atoms with van der Waals surface area (Å²) in [6.45, 7) is 2.66. The number of benzene rings is 2. The van der Waals surface area contributed by atoms with Crippen molar-refractivity contribution in [3.05, 3.63) is 65.4 Å². The fourth-order valence-corrected chi connectivity index (χ4v) is 3.01. The van der Waals surface area contributed by atoms with E-state index in [-0.39, 0.29) is 0 Å². The van der Waals surface area contributed by atoms with Gasteiger partial charge in [0.2, 0.25) is 0 Å². The van der Waals surface area contributed by atoms with Gasteiger partial charge in [0.25, 0.3) is 5.91 Å². The number of para-hydroxylation sites is 1. The summed E-state index contributed by atoms with van der Waals surface area (Å²) in [5, 5.41) is 10.2. The largest absolute Gasteiger partial charge is 0.497 e. The predicted octanol–water partition coefficient (Wildman–Crippen LogP) is 3.38. The van der Waals surface area contributed by atoms with E-state index in [2.05, 4.69) is 29.8 Å². The maximum absolute atomic E-state index is 12.0. The van der Waals surface area contributed by atoms with Gasteiger partial charge in [-0.2, -0.15) is 0 Å². The van der Waals surface area contributed by atoms with Gasteiger partial charge < -0.3 is 9.30 Å². The Bertz CT molecular complexity index is 883. The lowest BCUT2D eigenvalue weighted by atomic mass is 10.1. The second kappa shape index (κ2) is 6.76. The van der Waals surface area contributed by atoms with Gasteiger partial charge in [-0.15, -0.1) is 0 Å². The summed E-state index contributed by atoms with van der Waals surface area (Å²) >= 11 is 0. The number of amides is 1. The highest BCUT2D eigenvalue weighted by atomic mass is 16.5. The van der Waals surface area contributed by atoms with Gasteiger partial charge in [0.05, 0.1) is 12.7 Å². The van der Waals surface area contributed by atoms with Crippen molar-refractivity contribution in [2.24, 2.45) is 0 Å². The highest BCUT2D eigenvalue weighted by Crippen LogP contribution is 2.25. The lowest BCUT2D eigenvalue weighted by molar-refractivity contribution is 0.0705. The van der Waals surface area contributed by atoms with Gasteiger partial charge >= 0.3 is 0 Å². The molecule has 3 rings (SSSR count).